The topological polar surface area (TPSA) is 106 Å². The molecular formula is C27H32F5N7O2. The Morgan fingerprint density at radius 2 is 1.98 bits per heavy atom. The SMILES string of the molecule is CCCn1nccc1C(=O)N[C@H](c1cn2nc(CC3C[C@@H](C(F)(F)F)CNC3=O)ccc2n1)C1CCC(F)(F)CC1. The number of carbonyl (C=O) groups excluding carboxylic acids is 2. The van der Waals surface area contributed by atoms with Crippen LogP contribution in [0.3, 0.4) is 0 Å². The Hall–Kier alpha value is -3.58. The molecule has 2 amide bonds. The molecule has 0 radical (unpaired) electrons. The molecule has 14 heteroatoms. The zero-order valence-corrected chi connectivity index (χ0v) is 22.5. The molecule has 9 nitrogen and oxygen atoms in total. The fourth-order valence-electron chi connectivity index (χ4n) is 5.74. The molecule has 3 aromatic heterocycles. The lowest BCUT2D eigenvalue weighted by Gasteiger charge is -2.33. The van der Waals surface area contributed by atoms with Gasteiger partial charge in [0.2, 0.25) is 11.8 Å². The number of piperidine rings is 1. The maximum atomic E-state index is 14.0. The van der Waals surface area contributed by atoms with Crippen LogP contribution in [0.1, 0.15) is 73.4 Å². The number of carbonyl (C=O) groups is 2. The Kier molecular flexibility index (Phi) is 8.02. The molecular weight excluding hydrogens is 549 g/mol. The van der Waals surface area contributed by atoms with E-state index in [9.17, 15) is 31.5 Å². The second-order valence-electron chi connectivity index (χ2n) is 11.0. The Labute approximate surface area is 232 Å². The van der Waals surface area contributed by atoms with Gasteiger partial charge in [-0.05, 0) is 49.8 Å². The normalized spacial score (nSPS) is 22.4. The Balaban J connectivity index is 1.39. The summed E-state index contributed by atoms with van der Waals surface area (Å²) in [6, 6.07) is 4.16. The highest BCUT2D eigenvalue weighted by atomic mass is 19.4. The molecule has 41 heavy (non-hydrogen) atoms. The van der Waals surface area contributed by atoms with Gasteiger partial charge in [-0.15, -0.1) is 0 Å². The third-order valence-corrected chi connectivity index (χ3v) is 8.00. The lowest BCUT2D eigenvalue weighted by atomic mass is 9.81. The van der Waals surface area contributed by atoms with Crippen LogP contribution in [0.5, 0.6) is 0 Å². The zero-order valence-electron chi connectivity index (χ0n) is 22.5. The molecule has 1 aliphatic heterocycles. The van der Waals surface area contributed by atoms with Gasteiger partial charge in [-0.2, -0.15) is 23.4 Å². The lowest BCUT2D eigenvalue weighted by molar-refractivity contribution is -0.183. The average Bonchev–Trinajstić information content (AvgIpc) is 3.55. The van der Waals surface area contributed by atoms with Gasteiger partial charge in [0.1, 0.15) is 5.69 Å². The molecule has 1 aliphatic carbocycles. The van der Waals surface area contributed by atoms with Crippen molar-refractivity contribution in [3.63, 3.8) is 0 Å². The molecule has 4 heterocycles. The van der Waals surface area contributed by atoms with Crippen molar-refractivity contribution in [1.82, 2.24) is 35.0 Å². The largest absolute Gasteiger partial charge is 0.393 e. The molecule has 3 aromatic rings. The van der Waals surface area contributed by atoms with Gasteiger partial charge in [-0.25, -0.2) is 18.3 Å². The minimum atomic E-state index is -4.40. The van der Waals surface area contributed by atoms with Gasteiger partial charge in [-0.3, -0.25) is 14.3 Å². The molecule has 5 rings (SSSR count). The van der Waals surface area contributed by atoms with Crippen LogP contribution >= 0.6 is 0 Å². The predicted molar refractivity (Wildman–Crippen MR) is 137 cm³/mol. The van der Waals surface area contributed by atoms with Crippen LogP contribution in [-0.4, -0.2) is 54.8 Å². The van der Waals surface area contributed by atoms with Gasteiger partial charge in [0.25, 0.3) is 5.91 Å². The van der Waals surface area contributed by atoms with Crippen molar-refractivity contribution in [1.29, 1.82) is 0 Å². The van der Waals surface area contributed by atoms with Crippen molar-refractivity contribution in [2.45, 2.75) is 76.6 Å². The van der Waals surface area contributed by atoms with Crippen molar-refractivity contribution in [2.24, 2.45) is 17.8 Å². The predicted octanol–water partition coefficient (Wildman–Crippen LogP) is 4.49. The van der Waals surface area contributed by atoms with Crippen molar-refractivity contribution >= 4 is 17.5 Å². The van der Waals surface area contributed by atoms with Gasteiger partial charge in [-0.1, -0.05) is 6.92 Å². The van der Waals surface area contributed by atoms with Crippen LogP contribution in [0.4, 0.5) is 22.0 Å². The van der Waals surface area contributed by atoms with Crippen LogP contribution in [0.15, 0.2) is 30.6 Å². The number of imidazole rings is 1. The summed E-state index contributed by atoms with van der Waals surface area (Å²) < 4.78 is 70.7. The number of hydrogen-bond donors (Lipinski definition) is 2. The number of aryl methyl sites for hydroxylation is 1. The molecule has 1 saturated carbocycles. The molecule has 222 valence electrons. The second-order valence-corrected chi connectivity index (χ2v) is 11.0. The van der Waals surface area contributed by atoms with E-state index in [0.717, 1.165) is 6.42 Å². The summed E-state index contributed by atoms with van der Waals surface area (Å²) in [5.74, 6) is -6.39. The van der Waals surface area contributed by atoms with Crippen molar-refractivity contribution < 1.29 is 31.5 Å². The van der Waals surface area contributed by atoms with E-state index in [1.807, 2.05) is 6.92 Å². The number of alkyl halides is 5. The maximum Gasteiger partial charge on any atom is 0.393 e. The molecule has 0 bridgehead atoms. The number of nitrogens with one attached hydrogen (secondary N) is 2. The second kappa shape index (κ2) is 11.4. The number of rotatable bonds is 8. The molecule has 1 unspecified atom stereocenters. The van der Waals surface area contributed by atoms with E-state index in [4.69, 9.17) is 0 Å². The molecule has 0 spiro atoms. The average molecular weight is 582 g/mol. The first kappa shape index (κ1) is 28.9. The monoisotopic (exact) mass is 581 g/mol. The molecule has 2 N–H and O–H groups in total. The highest BCUT2D eigenvalue weighted by Gasteiger charge is 2.45. The minimum absolute atomic E-state index is 0.0150. The van der Waals surface area contributed by atoms with Crippen molar-refractivity contribution in [2.75, 3.05) is 6.54 Å². The summed E-state index contributed by atoms with van der Waals surface area (Å²) in [4.78, 5) is 30.2. The smallest absolute Gasteiger partial charge is 0.355 e. The fourth-order valence-corrected chi connectivity index (χ4v) is 5.74. The first-order valence-electron chi connectivity index (χ1n) is 13.8. The summed E-state index contributed by atoms with van der Waals surface area (Å²) in [5, 5.41) is 14.0. The summed E-state index contributed by atoms with van der Waals surface area (Å²) in [7, 11) is 0. The van der Waals surface area contributed by atoms with Crippen LogP contribution in [0.25, 0.3) is 5.65 Å². The summed E-state index contributed by atoms with van der Waals surface area (Å²) >= 11 is 0. The molecule has 3 atom stereocenters. The molecule has 2 fully saturated rings. The van der Waals surface area contributed by atoms with E-state index in [2.05, 4.69) is 25.8 Å². The first-order valence-corrected chi connectivity index (χ1v) is 13.8. The van der Waals surface area contributed by atoms with Crippen molar-refractivity contribution in [3.8, 4) is 0 Å². The van der Waals surface area contributed by atoms with Crippen LogP contribution in [0, 0.1) is 17.8 Å². The van der Waals surface area contributed by atoms with Crippen molar-refractivity contribution in [3.05, 3.63) is 47.7 Å². The fraction of sp³-hybridized carbons (Fsp3) is 0.593. The van der Waals surface area contributed by atoms with Crippen LogP contribution in [0.2, 0.25) is 0 Å². The summed E-state index contributed by atoms with van der Waals surface area (Å²) in [6.07, 6.45) is -1.03. The van der Waals surface area contributed by atoms with E-state index < -0.39 is 48.3 Å². The number of nitrogens with zero attached hydrogens (tertiary/aromatic N) is 5. The Morgan fingerprint density at radius 1 is 1.22 bits per heavy atom. The number of hydrogen-bond acceptors (Lipinski definition) is 5. The van der Waals surface area contributed by atoms with Gasteiger partial charge in [0, 0.05) is 44.5 Å². The Bertz CT molecular complexity index is 1390. The third-order valence-electron chi connectivity index (χ3n) is 8.00. The highest BCUT2D eigenvalue weighted by Crippen LogP contribution is 2.41. The molecule has 2 aliphatic rings. The summed E-state index contributed by atoms with van der Waals surface area (Å²) in [6.45, 7) is 2.07. The van der Waals surface area contributed by atoms with Gasteiger partial charge < -0.3 is 10.6 Å². The molecule has 1 saturated heterocycles. The van der Waals surface area contributed by atoms with E-state index in [1.54, 1.807) is 29.1 Å². The van der Waals surface area contributed by atoms with E-state index >= 15 is 0 Å². The van der Waals surface area contributed by atoms with E-state index in [-0.39, 0.29) is 44.4 Å². The van der Waals surface area contributed by atoms with Crippen LogP contribution in [-0.2, 0) is 17.8 Å². The number of fused-ring (bicyclic) bond motifs is 1. The minimum Gasteiger partial charge on any atom is -0.355 e. The van der Waals surface area contributed by atoms with Gasteiger partial charge in [0.05, 0.1) is 29.5 Å². The number of aromatic nitrogens is 5. The number of halogens is 5. The Morgan fingerprint density at radius 3 is 2.68 bits per heavy atom. The van der Waals surface area contributed by atoms with Crippen LogP contribution < -0.4 is 10.6 Å². The lowest BCUT2D eigenvalue weighted by Crippen LogP contribution is -2.47. The first-order chi connectivity index (χ1) is 19.4. The highest BCUT2D eigenvalue weighted by molar-refractivity contribution is 5.92. The quantitative estimate of drug-likeness (QED) is 0.382. The maximum absolute atomic E-state index is 14.0. The molecule has 0 aromatic carbocycles. The van der Waals surface area contributed by atoms with Gasteiger partial charge in [0.15, 0.2) is 5.65 Å². The standard InChI is InChI=1S/C27H32F5N7O2/c1-2-11-38-21(7-10-34-38)25(41)36-23(16-5-8-26(28,29)9-6-16)20-15-39-22(35-20)4-3-19(37-39)13-17-12-18(27(30,31)32)14-33-24(17)40/h3-4,7,10,15-18,23H,2,5-6,8-9,11-14H2,1H3,(H,33,40)(H,36,41)/t17?,18-,23+/m1/s1. The van der Waals surface area contributed by atoms with Gasteiger partial charge >= 0.3 is 6.18 Å². The summed E-state index contributed by atoms with van der Waals surface area (Å²) in [5.41, 5.74) is 1.62. The third kappa shape index (κ3) is 6.51. The van der Waals surface area contributed by atoms with E-state index in [0.29, 0.717) is 29.3 Å². The zero-order chi connectivity index (χ0) is 29.4. The van der Waals surface area contributed by atoms with E-state index in [1.165, 1.54) is 10.7 Å². The number of amides is 2.